The highest BCUT2D eigenvalue weighted by molar-refractivity contribution is 7.91. The van der Waals surface area contributed by atoms with E-state index in [2.05, 4.69) is 0 Å². The predicted molar refractivity (Wildman–Crippen MR) is 68.3 cm³/mol. The van der Waals surface area contributed by atoms with E-state index in [4.69, 9.17) is 22.1 Å². The predicted octanol–water partition coefficient (Wildman–Crippen LogP) is 1.27. The number of nitrogens with two attached hydrogens (primary N) is 1. The third-order valence-electron chi connectivity index (χ3n) is 2.70. The van der Waals surface area contributed by atoms with Crippen molar-refractivity contribution in [2.24, 2.45) is 0 Å². The number of halogens is 1. The number of benzene rings is 1. The van der Waals surface area contributed by atoms with E-state index >= 15 is 0 Å². The van der Waals surface area contributed by atoms with Crippen molar-refractivity contribution in [3.8, 4) is 0 Å². The fourth-order valence-electron chi connectivity index (χ4n) is 1.79. The second-order valence-corrected chi connectivity index (χ2v) is 6.83. The minimum absolute atomic E-state index is 0.0566. The Morgan fingerprint density at radius 3 is 2.72 bits per heavy atom. The van der Waals surface area contributed by atoms with Gasteiger partial charge in [0.05, 0.1) is 17.1 Å². The number of anilines is 1. The van der Waals surface area contributed by atoms with E-state index in [0.717, 1.165) is 0 Å². The van der Waals surface area contributed by atoms with Crippen LogP contribution in [0.1, 0.15) is 16.8 Å². The van der Waals surface area contributed by atoms with Crippen LogP contribution in [0, 0.1) is 0 Å². The average Bonchev–Trinajstić information content (AvgIpc) is 2.57. The number of nitrogen functional groups attached to an aromatic ring is 1. The summed E-state index contributed by atoms with van der Waals surface area (Å²) in [5.41, 5.74) is 6.06. The van der Waals surface area contributed by atoms with Gasteiger partial charge in [-0.15, -0.1) is 0 Å². The van der Waals surface area contributed by atoms with Crippen LogP contribution in [0.2, 0.25) is 5.02 Å². The van der Waals surface area contributed by atoms with Crippen LogP contribution in [0.15, 0.2) is 18.2 Å². The molecular weight excluding hydrogens is 278 g/mol. The average molecular weight is 290 g/mol. The Bertz CT molecular complexity index is 585. The Morgan fingerprint density at radius 2 is 2.17 bits per heavy atom. The molecule has 0 saturated carbocycles. The summed E-state index contributed by atoms with van der Waals surface area (Å²) in [4.78, 5) is 11.8. The highest BCUT2D eigenvalue weighted by Gasteiger charge is 2.31. The molecule has 7 heteroatoms. The molecule has 0 amide bonds. The van der Waals surface area contributed by atoms with Crippen molar-refractivity contribution in [3.05, 3.63) is 28.8 Å². The SMILES string of the molecule is Nc1cc(Cl)ccc1C(=O)OC1CCS(=O)(=O)C1. The number of hydrogen-bond donors (Lipinski definition) is 1. The number of sulfone groups is 1. The van der Waals surface area contributed by atoms with Gasteiger partial charge in [0.2, 0.25) is 0 Å². The van der Waals surface area contributed by atoms with E-state index in [1.54, 1.807) is 0 Å². The Morgan fingerprint density at radius 1 is 1.44 bits per heavy atom. The van der Waals surface area contributed by atoms with Gasteiger partial charge in [-0.25, -0.2) is 13.2 Å². The van der Waals surface area contributed by atoms with Crippen LogP contribution < -0.4 is 5.73 Å². The van der Waals surface area contributed by atoms with Crippen molar-refractivity contribution in [1.82, 2.24) is 0 Å². The maximum absolute atomic E-state index is 11.8. The molecule has 0 aromatic heterocycles. The molecule has 98 valence electrons. The fourth-order valence-corrected chi connectivity index (χ4v) is 3.56. The highest BCUT2D eigenvalue weighted by atomic mass is 35.5. The molecule has 1 aromatic rings. The molecule has 0 spiro atoms. The number of rotatable bonds is 2. The first-order valence-electron chi connectivity index (χ1n) is 5.34. The van der Waals surface area contributed by atoms with E-state index in [1.165, 1.54) is 18.2 Å². The van der Waals surface area contributed by atoms with Crippen LogP contribution >= 0.6 is 11.6 Å². The summed E-state index contributed by atoms with van der Waals surface area (Å²) in [7, 11) is -3.07. The minimum Gasteiger partial charge on any atom is -0.458 e. The molecular formula is C11H12ClNO4S. The summed E-state index contributed by atoms with van der Waals surface area (Å²) in [6.07, 6.45) is -0.251. The number of hydrogen-bond acceptors (Lipinski definition) is 5. The zero-order chi connectivity index (χ0) is 13.3. The smallest absolute Gasteiger partial charge is 0.340 e. The number of carbonyl (C=O) groups excluding carboxylic acids is 1. The van der Waals surface area contributed by atoms with E-state index in [1.807, 2.05) is 0 Å². The van der Waals surface area contributed by atoms with Crippen molar-refractivity contribution in [2.75, 3.05) is 17.2 Å². The fraction of sp³-hybridized carbons (Fsp3) is 0.364. The first-order valence-corrected chi connectivity index (χ1v) is 7.54. The molecule has 1 saturated heterocycles. The van der Waals surface area contributed by atoms with E-state index in [0.29, 0.717) is 11.4 Å². The molecule has 2 N–H and O–H groups in total. The summed E-state index contributed by atoms with van der Waals surface area (Å²) in [5.74, 6) is -0.681. The Hall–Kier alpha value is -1.27. The topological polar surface area (TPSA) is 86.5 Å². The summed E-state index contributed by atoms with van der Waals surface area (Å²) >= 11 is 5.72. The molecule has 18 heavy (non-hydrogen) atoms. The molecule has 1 heterocycles. The normalized spacial score (nSPS) is 21.7. The molecule has 1 aliphatic heterocycles. The van der Waals surface area contributed by atoms with Crippen LogP contribution in [0.5, 0.6) is 0 Å². The van der Waals surface area contributed by atoms with Gasteiger partial charge in [0.15, 0.2) is 9.84 Å². The first-order chi connectivity index (χ1) is 8.37. The quantitative estimate of drug-likeness (QED) is 0.654. The molecule has 1 fully saturated rings. The summed E-state index contributed by atoms with van der Waals surface area (Å²) in [6, 6.07) is 4.44. The van der Waals surface area contributed by atoms with Gasteiger partial charge in [0.1, 0.15) is 6.10 Å². The van der Waals surface area contributed by atoms with Crippen molar-refractivity contribution in [3.63, 3.8) is 0 Å². The van der Waals surface area contributed by atoms with Crippen LogP contribution in [0.25, 0.3) is 0 Å². The molecule has 0 bridgehead atoms. The van der Waals surface area contributed by atoms with E-state index in [-0.39, 0.29) is 22.8 Å². The van der Waals surface area contributed by atoms with E-state index < -0.39 is 21.9 Å². The monoisotopic (exact) mass is 289 g/mol. The Kier molecular flexibility index (Phi) is 3.49. The summed E-state index contributed by atoms with van der Waals surface area (Å²) in [6.45, 7) is 0. The van der Waals surface area contributed by atoms with E-state index in [9.17, 15) is 13.2 Å². The highest BCUT2D eigenvalue weighted by Crippen LogP contribution is 2.21. The minimum atomic E-state index is -3.07. The molecule has 1 atom stereocenters. The summed E-state index contributed by atoms with van der Waals surface area (Å²) in [5, 5.41) is 0.424. The maximum atomic E-state index is 11.8. The second-order valence-electron chi connectivity index (χ2n) is 4.16. The molecule has 1 unspecified atom stereocenters. The van der Waals surface area contributed by atoms with Crippen LogP contribution in [-0.2, 0) is 14.6 Å². The zero-order valence-corrected chi connectivity index (χ0v) is 11.0. The zero-order valence-electron chi connectivity index (χ0n) is 9.43. The van der Waals surface area contributed by atoms with Crippen molar-refractivity contribution in [1.29, 1.82) is 0 Å². The third kappa shape index (κ3) is 2.94. The third-order valence-corrected chi connectivity index (χ3v) is 4.67. The lowest BCUT2D eigenvalue weighted by Crippen LogP contribution is -2.20. The lowest BCUT2D eigenvalue weighted by molar-refractivity contribution is 0.0357. The van der Waals surface area contributed by atoms with Gasteiger partial charge < -0.3 is 10.5 Å². The molecule has 1 aliphatic rings. The Labute approximate surface area is 110 Å². The van der Waals surface area contributed by atoms with Gasteiger partial charge >= 0.3 is 5.97 Å². The summed E-state index contributed by atoms with van der Waals surface area (Å²) < 4.78 is 27.6. The first kappa shape index (κ1) is 13.2. The number of ether oxygens (including phenoxy) is 1. The van der Waals surface area contributed by atoms with Gasteiger partial charge in [0.25, 0.3) is 0 Å². The van der Waals surface area contributed by atoms with Gasteiger partial charge in [-0.2, -0.15) is 0 Å². The molecule has 1 aromatic carbocycles. The lowest BCUT2D eigenvalue weighted by atomic mass is 10.2. The van der Waals surface area contributed by atoms with Crippen LogP contribution in [0.3, 0.4) is 0 Å². The molecule has 0 radical (unpaired) electrons. The lowest BCUT2D eigenvalue weighted by Gasteiger charge is -2.11. The van der Waals surface area contributed by atoms with Gasteiger partial charge in [-0.1, -0.05) is 11.6 Å². The molecule has 0 aliphatic carbocycles. The largest absolute Gasteiger partial charge is 0.458 e. The van der Waals surface area contributed by atoms with Crippen LogP contribution in [-0.4, -0.2) is 32.0 Å². The van der Waals surface area contributed by atoms with Crippen molar-refractivity contribution < 1.29 is 17.9 Å². The van der Waals surface area contributed by atoms with Gasteiger partial charge in [-0.05, 0) is 24.6 Å². The van der Waals surface area contributed by atoms with Gasteiger partial charge in [0, 0.05) is 10.7 Å². The molecule has 2 rings (SSSR count). The maximum Gasteiger partial charge on any atom is 0.340 e. The second kappa shape index (κ2) is 4.78. The van der Waals surface area contributed by atoms with Crippen molar-refractivity contribution >= 4 is 33.1 Å². The Balaban J connectivity index is 2.09. The molecule has 5 nitrogen and oxygen atoms in total. The van der Waals surface area contributed by atoms with Crippen molar-refractivity contribution in [2.45, 2.75) is 12.5 Å². The number of esters is 1. The van der Waals surface area contributed by atoms with Gasteiger partial charge in [-0.3, -0.25) is 0 Å². The number of carbonyl (C=O) groups is 1. The standard InChI is InChI=1S/C11H12ClNO4S/c12-7-1-2-9(10(13)5-7)11(14)17-8-3-4-18(15,16)6-8/h1-2,5,8H,3-4,6,13H2. The van der Waals surface area contributed by atoms with Crippen LogP contribution in [0.4, 0.5) is 5.69 Å².